The highest BCUT2D eigenvalue weighted by Gasteiger charge is 2.23. The maximum absolute atomic E-state index is 12.0. The molecule has 2 amide bonds. The van der Waals surface area contributed by atoms with Gasteiger partial charge in [0.2, 0.25) is 0 Å². The number of hydrogen-bond acceptors (Lipinski definition) is 4. The summed E-state index contributed by atoms with van der Waals surface area (Å²) in [4.78, 5) is 12.0. The molecule has 3 aromatic rings. The summed E-state index contributed by atoms with van der Waals surface area (Å²) in [6.07, 6.45) is 1.84. The number of urea groups is 1. The van der Waals surface area contributed by atoms with Crippen molar-refractivity contribution in [3.8, 4) is 0 Å². The smallest absolute Gasteiger partial charge is 0.315 e. The second kappa shape index (κ2) is 6.67. The van der Waals surface area contributed by atoms with E-state index in [1.54, 1.807) is 11.3 Å². The largest absolute Gasteiger partial charge is 0.384 e. The molecular formula is C17H19N5O2. The highest BCUT2D eigenvalue weighted by Crippen LogP contribution is 2.18. The molecule has 0 aliphatic heterocycles. The van der Waals surface area contributed by atoms with Crippen LogP contribution >= 0.6 is 0 Å². The van der Waals surface area contributed by atoms with Gasteiger partial charge in [-0.1, -0.05) is 36.4 Å². The third kappa shape index (κ3) is 3.52. The fraction of sp³-hybridized carbons (Fsp3) is 0.235. The lowest BCUT2D eigenvalue weighted by Gasteiger charge is -2.24. The molecule has 0 radical (unpaired) electrons. The molecule has 3 rings (SSSR count). The monoisotopic (exact) mass is 325 g/mol. The van der Waals surface area contributed by atoms with Gasteiger partial charge in [0, 0.05) is 6.20 Å². The van der Waals surface area contributed by atoms with Gasteiger partial charge in [-0.05, 0) is 24.6 Å². The van der Waals surface area contributed by atoms with Crippen molar-refractivity contribution in [3.63, 3.8) is 0 Å². The quantitative estimate of drug-likeness (QED) is 0.662. The van der Waals surface area contributed by atoms with E-state index in [1.165, 1.54) is 0 Å². The van der Waals surface area contributed by atoms with E-state index >= 15 is 0 Å². The van der Waals surface area contributed by atoms with Gasteiger partial charge in [-0.25, -0.2) is 4.79 Å². The van der Waals surface area contributed by atoms with Gasteiger partial charge in [-0.2, -0.15) is 0 Å². The average molecular weight is 325 g/mol. The number of pyridine rings is 1. The molecule has 24 heavy (non-hydrogen) atoms. The number of aliphatic hydroxyl groups is 1. The van der Waals surface area contributed by atoms with Crippen molar-refractivity contribution >= 4 is 11.7 Å². The van der Waals surface area contributed by atoms with Crippen LogP contribution in [-0.4, -0.2) is 32.3 Å². The van der Waals surface area contributed by atoms with Crippen molar-refractivity contribution in [3.05, 3.63) is 66.1 Å². The second-order valence-corrected chi connectivity index (χ2v) is 5.72. The van der Waals surface area contributed by atoms with Gasteiger partial charge in [0.1, 0.15) is 5.60 Å². The molecule has 0 aliphatic carbocycles. The van der Waals surface area contributed by atoms with Crippen LogP contribution in [0.2, 0.25) is 0 Å². The van der Waals surface area contributed by atoms with E-state index in [-0.39, 0.29) is 19.1 Å². The summed E-state index contributed by atoms with van der Waals surface area (Å²) >= 11 is 0. The molecule has 0 saturated heterocycles. The van der Waals surface area contributed by atoms with Crippen LogP contribution in [0.25, 0.3) is 5.65 Å². The number of nitrogens with one attached hydrogen (secondary N) is 2. The van der Waals surface area contributed by atoms with Gasteiger partial charge in [-0.15, -0.1) is 10.2 Å². The zero-order valence-electron chi connectivity index (χ0n) is 13.3. The highest BCUT2D eigenvalue weighted by atomic mass is 16.3. The lowest BCUT2D eigenvalue weighted by Crippen LogP contribution is -2.43. The Morgan fingerprint density at radius 1 is 1.12 bits per heavy atom. The predicted octanol–water partition coefficient (Wildman–Crippen LogP) is 1.44. The van der Waals surface area contributed by atoms with Crippen LogP contribution in [0.1, 0.15) is 18.3 Å². The Balaban J connectivity index is 1.54. The van der Waals surface area contributed by atoms with Crippen LogP contribution in [0.15, 0.2) is 54.7 Å². The third-order valence-corrected chi connectivity index (χ3v) is 3.78. The number of aromatic nitrogens is 3. The first-order valence-electron chi connectivity index (χ1n) is 7.64. The molecule has 7 nitrogen and oxygen atoms in total. The molecule has 1 unspecified atom stereocenters. The number of hydrogen-bond donors (Lipinski definition) is 3. The minimum atomic E-state index is -1.14. The fourth-order valence-corrected chi connectivity index (χ4v) is 2.38. The Morgan fingerprint density at radius 2 is 1.88 bits per heavy atom. The second-order valence-electron chi connectivity index (χ2n) is 5.72. The van der Waals surface area contributed by atoms with Crippen LogP contribution in [0, 0.1) is 0 Å². The molecule has 1 atom stereocenters. The highest BCUT2D eigenvalue weighted by molar-refractivity contribution is 5.73. The van der Waals surface area contributed by atoms with Gasteiger partial charge in [0.15, 0.2) is 11.5 Å². The number of rotatable bonds is 5. The van der Waals surface area contributed by atoms with Gasteiger partial charge in [-0.3, -0.25) is 4.40 Å². The number of benzene rings is 1. The van der Waals surface area contributed by atoms with Gasteiger partial charge >= 0.3 is 6.03 Å². The average Bonchev–Trinajstić information content (AvgIpc) is 3.02. The van der Waals surface area contributed by atoms with Gasteiger partial charge in [0.25, 0.3) is 0 Å². The van der Waals surface area contributed by atoms with E-state index in [1.807, 2.05) is 54.7 Å². The fourth-order valence-electron chi connectivity index (χ4n) is 2.38. The molecule has 0 bridgehead atoms. The molecule has 124 valence electrons. The first-order chi connectivity index (χ1) is 11.6. The Hall–Kier alpha value is -2.93. The minimum Gasteiger partial charge on any atom is -0.384 e. The maximum Gasteiger partial charge on any atom is 0.315 e. The molecule has 3 N–H and O–H groups in total. The van der Waals surface area contributed by atoms with Crippen LogP contribution in [-0.2, 0) is 12.1 Å². The normalized spacial score (nSPS) is 13.4. The summed E-state index contributed by atoms with van der Waals surface area (Å²) in [5.41, 5.74) is 0.329. The number of carbonyl (C=O) groups is 1. The van der Waals surface area contributed by atoms with E-state index in [2.05, 4.69) is 20.8 Å². The molecule has 0 spiro atoms. The standard InChI is InChI=1S/C17H19N5O2/c1-17(24,13-7-3-2-4-8-13)12-19-16(23)18-11-15-21-20-14-9-5-6-10-22(14)15/h2-10,24H,11-12H2,1H3,(H2,18,19,23). The van der Waals surface area contributed by atoms with Crippen LogP contribution in [0.4, 0.5) is 4.79 Å². The van der Waals surface area contributed by atoms with Crippen molar-refractivity contribution in [1.82, 2.24) is 25.2 Å². The predicted molar refractivity (Wildman–Crippen MR) is 89.2 cm³/mol. The molecule has 1 aromatic carbocycles. The lowest BCUT2D eigenvalue weighted by atomic mass is 9.96. The zero-order valence-corrected chi connectivity index (χ0v) is 13.3. The zero-order chi connectivity index (χ0) is 17.0. The Morgan fingerprint density at radius 3 is 2.67 bits per heavy atom. The topological polar surface area (TPSA) is 91.5 Å². The maximum atomic E-state index is 12.0. The Bertz CT molecular complexity index is 829. The Kier molecular flexibility index (Phi) is 4.43. The Labute approximate surface area is 139 Å². The molecule has 7 heteroatoms. The van der Waals surface area contributed by atoms with Crippen molar-refractivity contribution in [2.24, 2.45) is 0 Å². The van der Waals surface area contributed by atoms with Gasteiger partial charge in [0.05, 0.1) is 13.1 Å². The first kappa shape index (κ1) is 15.9. The molecular weight excluding hydrogens is 306 g/mol. The molecule has 2 heterocycles. The van der Waals surface area contributed by atoms with Crippen LogP contribution in [0.3, 0.4) is 0 Å². The summed E-state index contributed by atoms with van der Waals surface area (Å²) in [6, 6.07) is 14.4. The number of nitrogens with zero attached hydrogens (tertiary/aromatic N) is 3. The number of fused-ring (bicyclic) bond motifs is 1. The summed E-state index contributed by atoms with van der Waals surface area (Å²) in [5, 5.41) is 23.9. The number of amides is 2. The summed E-state index contributed by atoms with van der Waals surface area (Å²) in [5.74, 6) is 0.635. The van der Waals surface area contributed by atoms with E-state index in [9.17, 15) is 9.90 Å². The van der Waals surface area contributed by atoms with Gasteiger partial charge < -0.3 is 15.7 Å². The summed E-state index contributed by atoms with van der Waals surface area (Å²) in [6.45, 7) is 2.00. The summed E-state index contributed by atoms with van der Waals surface area (Å²) in [7, 11) is 0. The van der Waals surface area contributed by atoms with E-state index in [4.69, 9.17) is 0 Å². The lowest BCUT2D eigenvalue weighted by molar-refractivity contribution is 0.0594. The van der Waals surface area contributed by atoms with Crippen molar-refractivity contribution in [2.75, 3.05) is 6.54 Å². The SMILES string of the molecule is CC(O)(CNC(=O)NCc1nnc2ccccn12)c1ccccc1. The van der Waals surface area contributed by atoms with Crippen LogP contribution in [0.5, 0.6) is 0 Å². The van der Waals surface area contributed by atoms with E-state index in [0.29, 0.717) is 5.82 Å². The first-order valence-corrected chi connectivity index (χ1v) is 7.64. The number of carbonyl (C=O) groups excluding carboxylic acids is 1. The van der Waals surface area contributed by atoms with Crippen molar-refractivity contribution in [2.45, 2.75) is 19.1 Å². The third-order valence-electron chi connectivity index (χ3n) is 3.78. The molecule has 0 aliphatic rings. The van der Waals surface area contributed by atoms with E-state index in [0.717, 1.165) is 11.2 Å². The van der Waals surface area contributed by atoms with Crippen LogP contribution < -0.4 is 10.6 Å². The molecule has 2 aromatic heterocycles. The molecule has 0 saturated carbocycles. The summed E-state index contributed by atoms with van der Waals surface area (Å²) < 4.78 is 1.81. The van der Waals surface area contributed by atoms with Crippen molar-refractivity contribution < 1.29 is 9.90 Å². The van der Waals surface area contributed by atoms with Crippen molar-refractivity contribution in [1.29, 1.82) is 0 Å². The minimum absolute atomic E-state index is 0.101. The molecule has 0 fully saturated rings. The van der Waals surface area contributed by atoms with E-state index < -0.39 is 5.60 Å².